The molecule has 8 heteroatoms. The van der Waals surface area contributed by atoms with Gasteiger partial charge < -0.3 is 19.2 Å². The number of methoxy groups -OCH3 is 1. The van der Waals surface area contributed by atoms with Crippen molar-refractivity contribution in [3.8, 4) is 5.75 Å². The second kappa shape index (κ2) is 7.23. The molecule has 0 aliphatic carbocycles. The highest BCUT2D eigenvalue weighted by Gasteiger charge is 2.16. The van der Waals surface area contributed by atoms with E-state index in [0.29, 0.717) is 27.6 Å². The van der Waals surface area contributed by atoms with E-state index in [0.717, 1.165) is 0 Å². The Morgan fingerprint density at radius 3 is 2.88 bits per heavy atom. The van der Waals surface area contributed by atoms with E-state index in [-0.39, 0.29) is 5.56 Å². The van der Waals surface area contributed by atoms with Gasteiger partial charge in [0.05, 0.1) is 17.7 Å². The molecule has 1 N–H and O–H groups in total. The van der Waals surface area contributed by atoms with E-state index in [9.17, 15) is 9.59 Å². The van der Waals surface area contributed by atoms with E-state index >= 15 is 0 Å². The van der Waals surface area contributed by atoms with Gasteiger partial charge in [0.1, 0.15) is 11.3 Å². The standard InChI is InChI=1S/C17H13ClN2O5/c1-23-13-6-5-10(7-12(13)18)20-15(21)8-24-17(22)11-3-2-4-14-16(11)19-9-25-14/h2-7,9H,8H2,1H3,(H,20,21). The molecule has 0 saturated carbocycles. The zero-order valence-corrected chi connectivity index (χ0v) is 13.9. The van der Waals surface area contributed by atoms with Crippen LogP contribution in [0.15, 0.2) is 47.2 Å². The number of esters is 1. The van der Waals surface area contributed by atoms with E-state index in [1.54, 1.807) is 30.3 Å². The van der Waals surface area contributed by atoms with Gasteiger partial charge in [0.15, 0.2) is 18.6 Å². The maximum atomic E-state index is 12.1. The lowest BCUT2D eigenvalue weighted by atomic mass is 10.2. The summed E-state index contributed by atoms with van der Waals surface area (Å²) in [6.45, 7) is -0.448. The second-order valence-corrected chi connectivity index (χ2v) is 5.39. The summed E-state index contributed by atoms with van der Waals surface area (Å²) in [4.78, 5) is 28.0. The number of amides is 1. The topological polar surface area (TPSA) is 90.7 Å². The Balaban J connectivity index is 1.61. The van der Waals surface area contributed by atoms with Crippen LogP contribution >= 0.6 is 11.6 Å². The number of para-hydroxylation sites is 1. The van der Waals surface area contributed by atoms with Crippen LogP contribution in [0.5, 0.6) is 5.75 Å². The van der Waals surface area contributed by atoms with Crippen LogP contribution in [0.4, 0.5) is 5.69 Å². The minimum atomic E-state index is -0.664. The summed E-state index contributed by atoms with van der Waals surface area (Å²) >= 11 is 5.99. The number of carbonyl (C=O) groups is 2. The largest absolute Gasteiger partial charge is 0.495 e. The van der Waals surface area contributed by atoms with Gasteiger partial charge in [0.25, 0.3) is 5.91 Å². The maximum absolute atomic E-state index is 12.1. The van der Waals surface area contributed by atoms with Gasteiger partial charge in [-0.1, -0.05) is 17.7 Å². The molecule has 0 unspecified atom stereocenters. The van der Waals surface area contributed by atoms with Crippen LogP contribution in [0.3, 0.4) is 0 Å². The van der Waals surface area contributed by atoms with Crippen molar-refractivity contribution in [1.82, 2.24) is 4.98 Å². The highest BCUT2D eigenvalue weighted by molar-refractivity contribution is 6.32. The normalized spacial score (nSPS) is 10.5. The molecule has 7 nitrogen and oxygen atoms in total. The molecule has 0 aliphatic heterocycles. The fraction of sp³-hybridized carbons (Fsp3) is 0.118. The molecule has 0 atom stereocenters. The summed E-state index contributed by atoms with van der Waals surface area (Å²) in [6, 6.07) is 9.66. The van der Waals surface area contributed by atoms with Gasteiger partial charge in [-0.3, -0.25) is 4.79 Å². The molecule has 0 radical (unpaired) electrons. The molecule has 0 aliphatic rings. The number of rotatable bonds is 5. The molecule has 0 saturated heterocycles. The van der Waals surface area contributed by atoms with Crippen molar-refractivity contribution in [3.63, 3.8) is 0 Å². The van der Waals surface area contributed by atoms with Crippen LogP contribution in [0.2, 0.25) is 5.02 Å². The molecule has 128 valence electrons. The quantitative estimate of drug-likeness (QED) is 0.702. The van der Waals surface area contributed by atoms with Crippen molar-refractivity contribution in [2.45, 2.75) is 0 Å². The van der Waals surface area contributed by atoms with Gasteiger partial charge in [-0.2, -0.15) is 0 Å². The Morgan fingerprint density at radius 1 is 1.28 bits per heavy atom. The number of nitrogens with zero attached hydrogens (tertiary/aromatic N) is 1. The van der Waals surface area contributed by atoms with Crippen molar-refractivity contribution in [2.24, 2.45) is 0 Å². The summed E-state index contributed by atoms with van der Waals surface area (Å²) < 4.78 is 15.2. The van der Waals surface area contributed by atoms with E-state index in [2.05, 4.69) is 10.3 Å². The number of ether oxygens (including phenoxy) is 2. The third-order valence-corrected chi connectivity index (χ3v) is 3.65. The number of hydrogen-bond donors (Lipinski definition) is 1. The first-order valence-electron chi connectivity index (χ1n) is 7.21. The van der Waals surface area contributed by atoms with Crippen molar-refractivity contribution < 1.29 is 23.5 Å². The highest BCUT2D eigenvalue weighted by atomic mass is 35.5. The van der Waals surface area contributed by atoms with Crippen molar-refractivity contribution in [1.29, 1.82) is 0 Å². The van der Waals surface area contributed by atoms with E-state index in [1.807, 2.05) is 0 Å². The lowest BCUT2D eigenvalue weighted by Gasteiger charge is -2.08. The van der Waals surface area contributed by atoms with Crippen molar-refractivity contribution >= 4 is 40.3 Å². The van der Waals surface area contributed by atoms with Crippen LogP contribution in [-0.2, 0) is 9.53 Å². The van der Waals surface area contributed by atoms with E-state index in [4.69, 9.17) is 25.5 Å². The van der Waals surface area contributed by atoms with Crippen LogP contribution in [0.1, 0.15) is 10.4 Å². The molecule has 2 aromatic carbocycles. The fourth-order valence-electron chi connectivity index (χ4n) is 2.20. The minimum absolute atomic E-state index is 0.228. The number of oxazole rings is 1. The summed E-state index contributed by atoms with van der Waals surface area (Å²) in [6.07, 6.45) is 1.24. The summed E-state index contributed by atoms with van der Waals surface area (Å²) in [5.41, 5.74) is 1.54. The molecular formula is C17H13ClN2O5. The monoisotopic (exact) mass is 360 g/mol. The Morgan fingerprint density at radius 2 is 2.12 bits per heavy atom. The predicted octanol–water partition coefficient (Wildman–Crippen LogP) is 3.29. The molecule has 1 aromatic heterocycles. The molecule has 3 rings (SSSR count). The molecule has 3 aromatic rings. The first kappa shape index (κ1) is 16.8. The highest BCUT2D eigenvalue weighted by Crippen LogP contribution is 2.27. The Labute approximate surface area is 147 Å². The first-order valence-corrected chi connectivity index (χ1v) is 7.59. The fourth-order valence-corrected chi connectivity index (χ4v) is 2.46. The summed E-state index contributed by atoms with van der Waals surface area (Å²) in [7, 11) is 1.49. The SMILES string of the molecule is COc1ccc(NC(=O)COC(=O)c2cccc3ocnc23)cc1Cl. The third-order valence-electron chi connectivity index (χ3n) is 3.35. The van der Waals surface area contributed by atoms with Crippen LogP contribution in [0.25, 0.3) is 11.1 Å². The molecule has 25 heavy (non-hydrogen) atoms. The Kier molecular flexibility index (Phi) is 4.85. The van der Waals surface area contributed by atoms with Gasteiger partial charge in [0.2, 0.25) is 0 Å². The second-order valence-electron chi connectivity index (χ2n) is 4.98. The van der Waals surface area contributed by atoms with Crippen molar-refractivity contribution in [3.05, 3.63) is 53.4 Å². The third kappa shape index (κ3) is 3.72. The molecule has 1 amide bonds. The lowest BCUT2D eigenvalue weighted by Crippen LogP contribution is -2.21. The average molecular weight is 361 g/mol. The van der Waals surface area contributed by atoms with Gasteiger partial charge in [-0.25, -0.2) is 9.78 Å². The lowest BCUT2D eigenvalue weighted by molar-refractivity contribution is -0.119. The maximum Gasteiger partial charge on any atom is 0.340 e. The predicted molar refractivity (Wildman–Crippen MR) is 90.9 cm³/mol. The van der Waals surface area contributed by atoms with Gasteiger partial charge >= 0.3 is 5.97 Å². The number of halogens is 1. The molecule has 0 spiro atoms. The van der Waals surface area contributed by atoms with Gasteiger partial charge in [-0.05, 0) is 30.3 Å². The molecule has 1 heterocycles. The minimum Gasteiger partial charge on any atom is -0.495 e. The van der Waals surface area contributed by atoms with E-state index in [1.165, 1.54) is 19.6 Å². The Hall–Kier alpha value is -3.06. The van der Waals surface area contributed by atoms with E-state index < -0.39 is 18.5 Å². The van der Waals surface area contributed by atoms with Crippen molar-refractivity contribution in [2.75, 3.05) is 19.0 Å². The number of benzene rings is 2. The summed E-state index contributed by atoms with van der Waals surface area (Å²) in [5.74, 6) is -0.670. The van der Waals surface area contributed by atoms with Crippen LogP contribution < -0.4 is 10.1 Å². The zero-order chi connectivity index (χ0) is 17.8. The van der Waals surface area contributed by atoms with Crippen LogP contribution in [0, 0.1) is 0 Å². The summed E-state index contributed by atoms with van der Waals surface area (Å²) in [5, 5.41) is 2.94. The molecule has 0 fully saturated rings. The molecule has 0 bridgehead atoms. The number of nitrogens with one attached hydrogen (secondary N) is 1. The Bertz CT molecular complexity index is 938. The average Bonchev–Trinajstić information content (AvgIpc) is 3.08. The number of fused-ring (bicyclic) bond motifs is 1. The van der Waals surface area contributed by atoms with Gasteiger partial charge in [-0.15, -0.1) is 0 Å². The zero-order valence-electron chi connectivity index (χ0n) is 13.1. The number of anilines is 1. The number of carbonyl (C=O) groups excluding carboxylic acids is 2. The molecular weight excluding hydrogens is 348 g/mol. The first-order chi connectivity index (χ1) is 12.1. The number of aromatic nitrogens is 1. The number of hydrogen-bond acceptors (Lipinski definition) is 6. The van der Waals surface area contributed by atoms with Crippen LogP contribution in [-0.4, -0.2) is 30.6 Å². The smallest absolute Gasteiger partial charge is 0.340 e. The van der Waals surface area contributed by atoms with Gasteiger partial charge in [0, 0.05) is 5.69 Å².